The molecule has 1 amide bonds. The zero-order chi connectivity index (χ0) is 16.5. The third kappa shape index (κ3) is 5.71. The number of halogens is 1. The van der Waals surface area contributed by atoms with E-state index in [1.807, 2.05) is 48.5 Å². The van der Waals surface area contributed by atoms with Crippen LogP contribution in [0.15, 0.2) is 70.8 Å². The molecular formula is C18H17BrN2O2. The quantitative estimate of drug-likeness (QED) is 0.457. The molecule has 0 spiro atoms. The maximum Gasteiger partial charge on any atom is 0.244 e. The van der Waals surface area contributed by atoms with Gasteiger partial charge in [0.15, 0.2) is 0 Å². The van der Waals surface area contributed by atoms with E-state index in [1.54, 1.807) is 12.3 Å². The molecule has 2 aromatic carbocycles. The third-order valence-corrected chi connectivity index (χ3v) is 3.48. The van der Waals surface area contributed by atoms with Gasteiger partial charge in [-0.25, -0.2) is 5.43 Å². The van der Waals surface area contributed by atoms with Crippen molar-refractivity contribution in [3.05, 3.63) is 76.8 Å². The van der Waals surface area contributed by atoms with Gasteiger partial charge in [-0.15, -0.1) is 0 Å². The van der Waals surface area contributed by atoms with Gasteiger partial charge in [0.1, 0.15) is 12.4 Å². The molecule has 0 bridgehead atoms. The lowest BCUT2D eigenvalue weighted by Gasteiger charge is -2.06. The van der Waals surface area contributed by atoms with Crippen LogP contribution in [-0.4, -0.2) is 18.7 Å². The first-order valence-corrected chi connectivity index (χ1v) is 7.87. The average molecular weight is 373 g/mol. The molecule has 0 aliphatic heterocycles. The van der Waals surface area contributed by atoms with Gasteiger partial charge < -0.3 is 4.74 Å². The van der Waals surface area contributed by atoms with E-state index in [4.69, 9.17) is 4.74 Å². The predicted molar refractivity (Wildman–Crippen MR) is 95.7 cm³/mol. The molecule has 0 aliphatic rings. The summed E-state index contributed by atoms with van der Waals surface area (Å²) in [5.74, 6) is 0.520. The smallest absolute Gasteiger partial charge is 0.244 e. The Morgan fingerprint density at radius 2 is 1.96 bits per heavy atom. The first-order chi connectivity index (χ1) is 11.2. The maximum atomic E-state index is 11.9. The summed E-state index contributed by atoms with van der Waals surface area (Å²) in [6.45, 7) is 4.03. The normalized spacial score (nSPS) is 10.5. The van der Waals surface area contributed by atoms with Gasteiger partial charge >= 0.3 is 0 Å². The second-order valence-electron chi connectivity index (χ2n) is 4.73. The Bertz CT molecular complexity index is 696. The van der Waals surface area contributed by atoms with E-state index in [-0.39, 0.29) is 12.3 Å². The van der Waals surface area contributed by atoms with Crippen molar-refractivity contribution >= 4 is 28.1 Å². The van der Waals surface area contributed by atoms with Crippen molar-refractivity contribution in [2.75, 3.05) is 6.61 Å². The van der Waals surface area contributed by atoms with Gasteiger partial charge in [0.25, 0.3) is 0 Å². The lowest BCUT2D eigenvalue weighted by Crippen LogP contribution is -2.19. The van der Waals surface area contributed by atoms with Gasteiger partial charge in [-0.2, -0.15) is 5.10 Å². The maximum absolute atomic E-state index is 11.9. The number of ether oxygens (including phenoxy) is 1. The highest BCUT2D eigenvalue weighted by Gasteiger charge is 2.03. The molecule has 5 heteroatoms. The Morgan fingerprint density at radius 1 is 1.22 bits per heavy atom. The number of nitrogens with one attached hydrogen (secondary N) is 1. The highest BCUT2D eigenvalue weighted by molar-refractivity contribution is 9.10. The van der Waals surface area contributed by atoms with E-state index in [1.165, 1.54) is 0 Å². The second kappa shape index (κ2) is 8.90. The number of hydrazone groups is 1. The van der Waals surface area contributed by atoms with Crippen molar-refractivity contribution in [1.29, 1.82) is 0 Å². The largest absolute Gasteiger partial charge is 0.489 e. The molecule has 0 radical (unpaired) electrons. The standard InChI is InChI=1S/C18H17BrN2O2/c1-2-11-23-17-6-4-3-5-15(17)13-20-21-18(22)12-14-7-9-16(19)10-8-14/h2-10,13H,1,11-12H2,(H,21,22)/b20-13-. The number of para-hydroxylation sites is 1. The van der Waals surface area contributed by atoms with Gasteiger partial charge in [0, 0.05) is 10.0 Å². The molecule has 0 saturated carbocycles. The van der Waals surface area contributed by atoms with Crippen LogP contribution in [0.2, 0.25) is 0 Å². The molecule has 0 aliphatic carbocycles. The van der Waals surface area contributed by atoms with Crippen molar-refractivity contribution in [3.63, 3.8) is 0 Å². The Hall–Kier alpha value is -2.40. The zero-order valence-corrected chi connectivity index (χ0v) is 14.1. The van der Waals surface area contributed by atoms with E-state index < -0.39 is 0 Å². The van der Waals surface area contributed by atoms with Gasteiger partial charge in [0.05, 0.1) is 12.6 Å². The number of carbonyl (C=O) groups excluding carboxylic acids is 1. The fraction of sp³-hybridized carbons (Fsp3) is 0.111. The summed E-state index contributed by atoms with van der Waals surface area (Å²) in [6.07, 6.45) is 3.52. The number of hydrogen-bond acceptors (Lipinski definition) is 3. The molecule has 2 rings (SSSR count). The number of amides is 1. The summed E-state index contributed by atoms with van der Waals surface area (Å²) < 4.78 is 6.51. The summed E-state index contributed by atoms with van der Waals surface area (Å²) in [4.78, 5) is 11.9. The van der Waals surface area contributed by atoms with Crippen LogP contribution in [0.5, 0.6) is 5.75 Å². The Labute approximate surface area is 144 Å². The molecule has 0 heterocycles. The second-order valence-corrected chi connectivity index (χ2v) is 5.65. The summed E-state index contributed by atoms with van der Waals surface area (Å²) >= 11 is 3.36. The Kier molecular flexibility index (Phi) is 6.56. The molecule has 118 valence electrons. The van der Waals surface area contributed by atoms with Crippen LogP contribution in [0.4, 0.5) is 0 Å². The van der Waals surface area contributed by atoms with E-state index in [9.17, 15) is 4.79 Å². The Balaban J connectivity index is 1.92. The topological polar surface area (TPSA) is 50.7 Å². The van der Waals surface area contributed by atoms with Crippen molar-refractivity contribution < 1.29 is 9.53 Å². The summed E-state index contributed by atoms with van der Waals surface area (Å²) in [5, 5.41) is 3.98. The molecule has 0 aromatic heterocycles. The van der Waals surface area contributed by atoms with Gasteiger partial charge in [-0.3, -0.25) is 4.79 Å². The lowest BCUT2D eigenvalue weighted by atomic mass is 10.1. The van der Waals surface area contributed by atoms with E-state index in [0.717, 1.165) is 15.6 Å². The van der Waals surface area contributed by atoms with Crippen LogP contribution in [0, 0.1) is 0 Å². The van der Waals surface area contributed by atoms with Crippen LogP contribution in [0.25, 0.3) is 0 Å². The highest BCUT2D eigenvalue weighted by Crippen LogP contribution is 2.15. The Morgan fingerprint density at radius 3 is 2.70 bits per heavy atom. The van der Waals surface area contributed by atoms with Crippen molar-refractivity contribution in [2.45, 2.75) is 6.42 Å². The van der Waals surface area contributed by atoms with Crippen LogP contribution in [0.1, 0.15) is 11.1 Å². The highest BCUT2D eigenvalue weighted by atomic mass is 79.9. The zero-order valence-electron chi connectivity index (χ0n) is 12.5. The summed E-state index contributed by atoms with van der Waals surface area (Å²) in [7, 11) is 0. The molecule has 1 N–H and O–H groups in total. The molecular weight excluding hydrogens is 356 g/mol. The molecule has 0 atom stereocenters. The molecule has 0 fully saturated rings. The van der Waals surface area contributed by atoms with E-state index in [0.29, 0.717) is 12.4 Å². The SMILES string of the molecule is C=CCOc1ccccc1/C=N\NC(=O)Cc1ccc(Br)cc1. The average Bonchev–Trinajstić information content (AvgIpc) is 2.56. The van der Waals surface area contributed by atoms with Gasteiger partial charge in [-0.1, -0.05) is 52.9 Å². The molecule has 0 saturated heterocycles. The monoisotopic (exact) mass is 372 g/mol. The van der Waals surface area contributed by atoms with E-state index in [2.05, 4.69) is 33.0 Å². The van der Waals surface area contributed by atoms with Crippen LogP contribution >= 0.6 is 15.9 Å². The lowest BCUT2D eigenvalue weighted by molar-refractivity contribution is -0.120. The third-order valence-electron chi connectivity index (χ3n) is 2.95. The number of rotatable bonds is 7. The fourth-order valence-corrected chi connectivity index (χ4v) is 2.13. The summed E-state index contributed by atoms with van der Waals surface area (Å²) in [6, 6.07) is 15.1. The van der Waals surface area contributed by atoms with Crippen molar-refractivity contribution in [3.8, 4) is 5.75 Å². The molecule has 2 aromatic rings. The van der Waals surface area contributed by atoms with Crippen LogP contribution < -0.4 is 10.2 Å². The minimum Gasteiger partial charge on any atom is -0.489 e. The van der Waals surface area contributed by atoms with Crippen LogP contribution in [0.3, 0.4) is 0 Å². The summed E-state index contributed by atoms with van der Waals surface area (Å²) in [5.41, 5.74) is 4.24. The van der Waals surface area contributed by atoms with E-state index >= 15 is 0 Å². The fourth-order valence-electron chi connectivity index (χ4n) is 1.87. The number of nitrogens with zero attached hydrogens (tertiary/aromatic N) is 1. The minimum absolute atomic E-state index is 0.173. The van der Waals surface area contributed by atoms with Gasteiger partial charge in [0.2, 0.25) is 5.91 Å². The predicted octanol–water partition coefficient (Wildman–Crippen LogP) is 3.71. The number of benzene rings is 2. The number of hydrogen-bond donors (Lipinski definition) is 1. The van der Waals surface area contributed by atoms with Crippen LogP contribution in [-0.2, 0) is 11.2 Å². The minimum atomic E-state index is -0.173. The molecule has 0 unspecified atom stereocenters. The molecule has 23 heavy (non-hydrogen) atoms. The van der Waals surface area contributed by atoms with Crippen molar-refractivity contribution in [2.24, 2.45) is 5.10 Å². The first-order valence-electron chi connectivity index (χ1n) is 7.08. The number of carbonyl (C=O) groups is 1. The van der Waals surface area contributed by atoms with Crippen molar-refractivity contribution in [1.82, 2.24) is 5.43 Å². The van der Waals surface area contributed by atoms with Gasteiger partial charge in [-0.05, 0) is 29.8 Å². The molecule has 4 nitrogen and oxygen atoms in total. The first kappa shape index (κ1) is 17.0.